The molecule has 0 saturated heterocycles. The maximum atomic E-state index is 10.5. The van der Waals surface area contributed by atoms with Crippen LogP contribution in [0.15, 0.2) is 48.7 Å². The van der Waals surface area contributed by atoms with E-state index in [4.69, 9.17) is 0 Å². The molecule has 0 fully saturated rings. The van der Waals surface area contributed by atoms with E-state index >= 15 is 0 Å². The van der Waals surface area contributed by atoms with E-state index in [2.05, 4.69) is 10.3 Å². The second-order valence-corrected chi connectivity index (χ2v) is 3.97. The molecular weight excluding hydrogens is 246 g/mol. The number of hydrogen-bond acceptors (Lipinski definition) is 5. The largest absolute Gasteiger partial charge is 0.387 e. The number of aliphatic hydroxyl groups excluding tert-OH is 1. The zero-order chi connectivity index (χ0) is 13.7. The van der Waals surface area contributed by atoms with Gasteiger partial charge in [0, 0.05) is 12.6 Å². The molecule has 0 radical (unpaired) electrons. The summed E-state index contributed by atoms with van der Waals surface area (Å²) in [7, 11) is 0. The van der Waals surface area contributed by atoms with Crippen molar-refractivity contribution >= 4 is 11.5 Å². The Hall–Kier alpha value is -2.47. The quantitative estimate of drug-likeness (QED) is 0.634. The minimum Gasteiger partial charge on any atom is -0.387 e. The first kappa shape index (κ1) is 13.0. The summed E-state index contributed by atoms with van der Waals surface area (Å²) < 4.78 is 0. The van der Waals surface area contributed by atoms with E-state index in [-0.39, 0.29) is 12.2 Å². The van der Waals surface area contributed by atoms with Gasteiger partial charge in [-0.2, -0.15) is 0 Å². The first-order valence-corrected chi connectivity index (χ1v) is 5.74. The molecule has 0 amide bonds. The number of hydrogen-bond donors (Lipinski definition) is 2. The molecular formula is C13H13N3O3. The van der Waals surface area contributed by atoms with Crippen LogP contribution in [0, 0.1) is 10.1 Å². The van der Waals surface area contributed by atoms with Crippen molar-refractivity contribution in [3.63, 3.8) is 0 Å². The summed E-state index contributed by atoms with van der Waals surface area (Å²) >= 11 is 0. The third-order valence-corrected chi connectivity index (χ3v) is 2.62. The number of rotatable bonds is 5. The second kappa shape index (κ2) is 5.92. The van der Waals surface area contributed by atoms with Crippen LogP contribution in [0.4, 0.5) is 11.5 Å². The highest BCUT2D eigenvalue weighted by molar-refractivity contribution is 5.40. The molecule has 0 saturated carbocycles. The van der Waals surface area contributed by atoms with Crippen molar-refractivity contribution < 1.29 is 10.0 Å². The standard InChI is InChI=1S/C13H13N3O3/c17-12(10-4-2-1-3-5-10)9-15-13-7-6-11(8-14-13)16(18)19/h1-8,12,17H,9H2,(H,14,15)/t12-/m0/s1. The Morgan fingerprint density at radius 1 is 1.26 bits per heavy atom. The third kappa shape index (κ3) is 3.49. The van der Waals surface area contributed by atoms with Crippen LogP contribution in [0.1, 0.15) is 11.7 Å². The first-order valence-electron chi connectivity index (χ1n) is 5.74. The van der Waals surface area contributed by atoms with Gasteiger partial charge < -0.3 is 10.4 Å². The molecule has 2 aromatic rings. The van der Waals surface area contributed by atoms with E-state index in [1.54, 1.807) is 0 Å². The molecule has 2 rings (SSSR count). The lowest BCUT2D eigenvalue weighted by Crippen LogP contribution is -2.12. The molecule has 1 atom stereocenters. The summed E-state index contributed by atoms with van der Waals surface area (Å²) in [5.74, 6) is 0.487. The van der Waals surface area contributed by atoms with E-state index in [9.17, 15) is 15.2 Å². The van der Waals surface area contributed by atoms with Crippen LogP contribution in [0.2, 0.25) is 0 Å². The molecule has 0 aliphatic rings. The Kier molecular flexibility index (Phi) is 4.04. The van der Waals surface area contributed by atoms with Crippen LogP contribution in [-0.4, -0.2) is 21.6 Å². The molecule has 0 bridgehead atoms. The van der Waals surface area contributed by atoms with Crippen LogP contribution in [0.25, 0.3) is 0 Å². The van der Waals surface area contributed by atoms with Gasteiger partial charge in [0.05, 0.1) is 11.0 Å². The number of benzene rings is 1. The number of anilines is 1. The third-order valence-electron chi connectivity index (χ3n) is 2.62. The van der Waals surface area contributed by atoms with E-state index in [0.717, 1.165) is 5.56 Å². The summed E-state index contributed by atoms with van der Waals surface area (Å²) in [4.78, 5) is 13.9. The number of aromatic nitrogens is 1. The van der Waals surface area contributed by atoms with Gasteiger partial charge in [0.2, 0.25) is 0 Å². The average Bonchev–Trinajstić information content (AvgIpc) is 2.46. The summed E-state index contributed by atoms with van der Waals surface area (Å²) in [6, 6.07) is 12.1. The molecule has 19 heavy (non-hydrogen) atoms. The van der Waals surface area contributed by atoms with Gasteiger partial charge in [-0.1, -0.05) is 30.3 Å². The predicted octanol–water partition coefficient (Wildman–Crippen LogP) is 2.14. The zero-order valence-electron chi connectivity index (χ0n) is 10.1. The predicted molar refractivity (Wildman–Crippen MR) is 70.8 cm³/mol. The Balaban J connectivity index is 1.93. The van der Waals surface area contributed by atoms with Crippen LogP contribution in [-0.2, 0) is 0 Å². The lowest BCUT2D eigenvalue weighted by atomic mass is 10.1. The Bertz CT molecular complexity index is 543. The van der Waals surface area contributed by atoms with Crippen molar-refractivity contribution in [2.75, 3.05) is 11.9 Å². The van der Waals surface area contributed by atoms with Crippen molar-refractivity contribution in [1.82, 2.24) is 4.98 Å². The average molecular weight is 259 g/mol. The minimum atomic E-state index is -0.654. The van der Waals surface area contributed by atoms with Gasteiger partial charge in [-0.25, -0.2) is 4.98 Å². The highest BCUT2D eigenvalue weighted by Crippen LogP contribution is 2.15. The number of nitrogens with one attached hydrogen (secondary N) is 1. The van der Waals surface area contributed by atoms with Gasteiger partial charge in [-0.15, -0.1) is 0 Å². The number of nitrogens with zero attached hydrogens (tertiary/aromatic N) is 2. The summed E-state index contributed by atoms with van der Waals surface area (Å²) in [6.07, 6.45) is 0.523. The van der Waals surface area contributed by atoms with Crippen LogP contribution in [0.3, 0.4) is 0 Å². The fourth-order valence-corrected chi connectivity index (χ4v) is 1.59. The van der Waals surface area contributed by atoms with Crippen molar-refractivity contribution in [1.29, 1.82) is 0 Å². The van der Waals surface area contributed by atoms with E-state index in [1.165, 1.54) is 18.3 Å². The fourth-order valence-electron chi connectivity index (χ4n) is 1.59. The van der Waals surface area contributed by atoms with Gasteiger partial charge in [0.1, 0.15) is 12.0 Å². The first-order chi connectivity index (χ1) is 9.16. The smallest absolute Gasteiger partial charge is 0.287 e. The molecule has 0 aliphatic carbocycles. The molecule has 0 unspecified atom stereocenters. The maximum Gasteiger partial charge on any atom is 0.287 e. The molecule has 2 N–H and O–H groups in total. The zero-order valence-corrected chi connectivity index (χ0v) is 10.1. The Morgan fingerprint density at radius 2 is 2.00 bits per heavy atom. The Morgan fingerprint density at radius 3 is 2.58 bits per heavy atom. The number of aliphatic hydroxyl groups is 1. The highest BCUT2D eigenvalue weighted by Gasteiger charge is 2.08. The molecule has 1 aromatic carbocycles. The van der Waals surface area contributed by atoms with Gasteiger partial charge in [-0.3, -0.25) is 10.1 Å². The van der Waals surface area contributed by atoms with Gasteiger partial charge >= 0.3 is 0 Å². The van der Waals surface area contributed by atoms with Crippen LogP contribution < -0.4 is 5.32 Å². The van der Waals surface area contributed by atoms with E-state index in [1.807, 2.05) is 30.3 Å². The fraction of sp³-hybridized carbons (Fsp3) is 0.154. The van der Waals surface area contributed by atoms with Crippen molar-refractivity contribution in [3.05, 3.63) is 64.3 Å². The SMILES string of the molecule is O=[N+]([O-])c1ccc(NC[C@H](O)c2ccccc2)nc1. The van der Waals surface area contributed by atoms with E-state index < -0.39 is 11.0 Å². The van der Waals surface area contributed by atoms with Gasteiger partial charge in [0.25, 0.3) is 5.69 Å². The topological polar surface area (TPSA) is 88.3 Å². The molecule has 6 nitrogen and oxygen atoms in total. The molecule has 1 aromatic heterocycles. The molecule has 6 heteroatoms. The minimum absolute atomic E-state index is 0.0610. The normalized spacial score (nSPS) is 11.8. The molecule has 98 valence electrons. The van der Waals surface area contributed by atoms with Crippen molar-refractivity contribution in [2.45, 2.75) is 6.10 Å². The van der Waals surface area contributed by atoms with Crippen LogP contribution in [0.5, 0.6) is 0 Å². The highest BCUT2D eigenvalue weighted by atomic mass is 16.6. The lowest BCUT2D eigenvalue weighted by molar-refractivity contribution is -0.385. The number of pyridine rings is 1. The summed E-state index contributed by atoms with van der Waals surface area (Å²) in [5, 5.41) is 23.3. The van der Waals surface area contributed by atoms with Crippen LogP contribution >= 0.6 is 0 Å². The monoisotopic (exact) mass is 259 g/mol. The Labute approximate surface area is 109 Å². The molecule has 0 spiro atoms. The second-order valence-electron chi connectivity index (χ2n) is 3.97. The maximum absolute atomic E-state index is 10.5. The summed E-state index contributed by atoms with van der Waals surface area (Å²) in [5.41, 5.74) is 0.742. The van der Waals surface area contributed by atoms with Crippen molar-refractivity contribution in [2.24, 2.45) is 0 Å². The number of nitro groups is 1. The van der Waals surface area contributed by atoms with Gasteiger partial charge in [-0.05, 0) is 11.6 Å². The van der Waals surface area contributed by atoms with Crippen molar-refractivity contribution in [3.8, 4) is 0 Å². The summed E-state index contributed by atoms with van der Waals surface area (Å²) in [6.45, 7) is 0.287. The molecule has 1 heterocycles. The molecule has 0 aliphatic heterocycles. The lowest BCUT2D eigenvalue weighted by Gasteiger charge is -2.12. The van der Waals surface area contributed by atoms with E-state index in [0.29, 0.717) is 5.82 Å². The van der Waals surface area contributed by atoms with Gasteiger partial charge in [0.15, 0.2) is 0 Å².